The van der Waals surface area contributed by atoms with E-state index in [0.29, 0.717) is 6.42 Å². The smallest absolute Gasteiger partial charge is 0.127 e. The standard InChI is InChI=1S/C16H15BrO2/c1-10-4-2-3-5-12(10)16-9-14(18)13-7-6-11(17)8-15(13)19-16/h2-8,14,16,18H,9H2,1H3/t14-,16?/m0/s1. The largest absolute Gasteiger partial charge is 0.485 e. The minimum atomic E-state index is -0.471. The predicted octanol–water partition coefficient (Wildman–Crippen LogP) is 4.31. The fourth-order valence-electron chi connectivity index (χ4n) is 2.56. The van der Waals surface area contributed by atoms with E-state index < -0.39 is 6.10 Å². The molecule has 2 nitrogen and oxygen atoms in total. The fourth-order valence-corrected chi connectivity index (χ4v) is 2.90. The van der Waals surface area contributed by atoms with E-state index in [4.69, 9.17) is 4.74 Å². The summed E-state index contributed by atoms with van der Waals surface area (Å²) in [5.74, 6) is 0.765. The second-order valence-electron chi connectivity index (χ2n) is 4.90. The van der Waals surface area contributed by atoms with Gasteiger partial charge in [0.05, 0.1) is 6.10 Å². The summed E-state index contributed by atoms with van der Waals surface area (Å²) >= 11 is 3.44. The Bertz CT molecular complexity index is 609. The van der Waals surface area contributed by atoms with Gasteiger partial charge in [0.25, 0.3) is 0 Å². The van der Waals surface area contributed by atoms with Crippen molar-refractivity contribution in [3.05, 3.63) is 63.6 Å². The van der Waals surface area contributed by atoms with Crippen LogP contribution in [0.15, 0.2) is 46.9 Å². The first-order chi connectivity index (χ1) is 9.15. The van der Waals surface area contributed by atoms with Gasteiger partial charge >= 0.3 is 0 Å². The number of benzene rings is 2. The molecule has 98 valence electrons. The molecule has 0 saturated carbocycles. The van der Waals surface area contributed by atoms with Gasteiger partial charge in [-0.1, -0.05) is 46.3 Å². The van der Waals surface area contributed by atoms with Crippen LogP contribution in [-0.4, -0.2) is 5.11 Å². The van der Waals surface area contributed by atoms with Gasteiger partial charge < -0.3 is 9.84 Å². The van der Waals surface area contributed by atoms with Crippen LogP contribution in [0.2, 0.25) is 0 Å². The van der Waals surface area contributed by atoms with Gasteiger partial charge in [-0.05, 0) is 30.2 Å². The molecule has 3 rings (SSSR count). The Morgan fingerprint density at radius 3 is 2.74 bits per heavy atom. The van der Waals surface area contributed by atoms with Gasteiger partial charge in [-0.15, -0.1) is 0 Å². The molecule has 2 atom stereocenters. The summed E-state index contributed by atoms with van der Waals surface area (Å²) in [7, 11) is 0. The van der Waals surface area contributed by atoms with Gasteiger partial charge in [-0.25, -0.2) is 0 Å². The van der Waals surface area contributed by atoms with Crippen molar-refractivity contribution in [2.75, 3.05) is 0 Å². The molecule has 19 heavy (non-hydrogen) atoms. The van der Waals surface area contributed by atoms with E-state index in [1.165, 1.54) is 5.56 Å². The summed E-state index contributed by atoms with van der Waals surface area (Å²) in [5, 5.41) is 10.3. The molecular formula is C16H15BrO2. The lowest BCUT2D eigenvalue weighted by atomic mass is 9.93. The summed E-state index contributed by atoms with van der Waals surface area (Å²) in [6.45, 7) is 2.07. The Hall–Kier alpha value is -1.32. The lowest BCUT2D eigenvalue weighted by Gasteiger charge is -2.30. The number of ether oxygens (including phenoxy) is 1. The van der Waals surface area contributed by atoms with Crippen LogP contribution in [0, 0.1) is 6.92 Å². The summed E-state index contributed by atoms with van der Waals surface area (Å²) < 4.78 is 7.02. The maximum Gasteiger partial charge on any atom is 0.127 e. The summed E-state index contributed by atoms with van der Waals surface area (Å²) in [6.07, 6.45) is 0.0407. The Morgan fingerprint density at radius 2 is 1.95 bits per heavy atom. The molecule has 1 unspecified atom stereocenters. The van der Waals surface area contributed by atoms with Crippen molar-refractivity contribution in [3.8, 4) is 5.75 Å². The van der Waals surface area contributed by atoms with Crippen molar-refractivity contribution in [2.45, 2.75) is 25.6 Å². The molecule has 2 aromatic carbocycles. The van der Waals surface area contributed by atoms with E-state index in [0.717, 1.165) is 21.3 Å². The number of hydrogen-bond acceptors (Lipinski definition) is 2. The monoisotopic (exact) mass is 318 g/mol. The average Bonchev–Trinajstić information content (AvgIpc) is 2.38. The Kier molecular flexibility index (Phi) is 3.33. The molecular weight excluding hydrogens is 304 g/mol. The zero-order valence-electron chi connectivity index (χ0n) is 10.6. The van der Waals surface area contributed by atoms with Crippen LogP contribution in [0.25, 0.3) is 0 Å². The van der Waals surface area contributed by atoms with Gasteiger partial charge in [-0.2, -0.15) is 0 Å². The number of aliphatic hydroxyl groups is 1. The number of halogens is 1. The van der Waals surface area contributed by atoms with Crippen LogP contribution < -0.4 is 4.74 Å². The highest BCUT2D eigenvalue weighted by Gasteiger charge is 2.28. The quantitative estimate of drug-likeness (QED) is 0.848. The zero-order chi connectivity index (χ0) is 13.4. The second-order valence-corrected chi connectivity index (χ2v) is 5.81. The minimum Gasteiger partial charge on any atom is -0.485 e. The molecule has 1 aliphatic rings. The maximum atomic E-state index is 10.3. The van der Waals surface area contributed by atoms with Crippen LogP contribution in [0.4, 0.5) is 0 Å². The first-order valence-corrected chi connectivity index (χ1v) is 7.14. The third-order valence-electron chi connectivity index (χ3n) is 3.58. The molecule has 1 N–H and O–H groups in total. The molecule has 0 spiro atoms. The van der Waals surface area contributed by atoms with Gasteiger partial charge in [0.2, 0.25) is 0 Å². The average molecular weight is 319 g/mol. The highest BCUT2D eigenvalue weighted by Crippen LogP contribution is 2.42. The van der Waals surface area contributed by atoms with Gasteiger partial charge in [0, 0.05) is 16.5 Å². The topological polar surface area (TPSA) is 29.5 Å². The lowest BCUT2D eigenvalue weighted by Crippen LogP contribution is -2.19. The molecule has 0 fully saturated rings. The molecule has 0 aliphatic carbocycles. The highest BCUT2D eigenvalue weighted by atomic mass is 79.9. The fraction of sp³-hybridized carbons (Fsp3) is 0.250. The van der Waals surface area contributed by atoms with E-state index in [-0.39, 0.29) is 6.10 Å². The molecule has 0 aromatic heterocycles. The van der Waals surface area contributed by atoms with Gasteiger partial charge in [-0.3, -0.25) is 0 Å². The molecule has 0 amide bonds. The van der Waals surface area contributed by atoms with E-state index in [1.54, 1.807) is 0 Å². The van der Waals surface area contributed by atoms with Crippen LogP contribution in [-0.2, 0) is 0 Å². The summed E-state index contributed by atoms with van der Waals surface area (Å²) in [4.78, 5) is 0. The third-order valence-corrected chi connectivity index (χ3v) is 4.07. The van der Waals surface area contributed by atoms with Crippen LogP contribution in [0.3, 0.4) is 0 Å². The van der Waals surface area contributed by atoms with Gasteiger partial charge in [0.1, 0.15) is 11.9 Å². The van der Waals surface area contributed by atoms with Gasteiger partial charge in [0.15, 0.2) is 0 Å². The van der Waals surface area contributed by atoms with Crippen molar-refractivity contribution in [3.63, 3.8) is 0 Å². The maximum absolute atomic E-state index is 10.3. The Labute approximate surface area is 121 Å². The highest BCUT2D eigenvalue weighted by molar-refractivity contribution is 9.10. The summed E-state index contributed by atoms with van der Waals surface area (Å²) in [5.41, 5.74) is 3.21. The SMILES string of the molecule is Cc1ccccc1C1C[C@H](O)c2ccc(Br)cc2O1. The van der Waals surface area contributed by atoms with E-state index in [2.05, 4.69) is 35.0 Å². The normalized spacial score (nSPS) is 21.6. The molecule has 1 aliphatic heterocycles. The predicted molar refractivity (Wildman–Crippen MR) is 78.3 cm³/mol. The van der Waals surface area contributed by atoms with E-state index >= 15 is 0 Å². The zero-order valence-corrected chi connectivity index (χ0v) is 12.2. The first-order valence-electron chi connectivity index (χ1n) is 6.35. The van der Waals surface area contributed by atoms with Crippen molar-refractivity contribution in [1.82, 2.24) is 0 Å². The number of aliphatic hydroxyl groups excluding tert-OH is 1. The second kappa shape index (κ2) is 4.99. The number of hydrogen-bond donors (Lipinski definition) is 1. The van der Waals surface area contributed by atoms with Crippen molar-refractivity contribution in [1.29, 1.82) is 0 Å². The summed E-state index contributed by atoms with van der Waals surface area (Å²) in [6, 6.07) is 13.9. The van der Waals surface area contributed by atoms with Crippen LogP contribution >= 0.6 is 15.9 Å². The van der Waals surface area contributed by atoms with E-state index in [9.17, 15) is 5.11 Å². The molecule has 2 aromatic rings. The number of fused-ring (bicyclic) bond motifs is 1. The lowest BCUT2D eigenvalue weighted by molar-refractivity contribution is 0.0654. The molecule has 0 bridgehead atoms. The van der Waals surface area contributed by atoms with Crippen molar-refractivity contribution >= 4 is 15.9 Å². The van der Waals surface area contributed by atoms with Crippen molar-refractivity contribution in [2.24, 2.45) is 0 Å². The Balaban J connectivity index is 1.99. The van der Waals surface area contributed by atoms with Crippen LogP contribution in [0.1, 0.15) is 35.3 Å². The molecule has 0 saturated heterocycles. The third kappa shape index (κ3) is 2.40. The Morgan fingerprint density at radius 1 is 1.16 bits per heavy atom. The minimum absolute atomic E-state index is 0.0852. The molecule has 1 heterocycles. The van der Waals surface area contributed by atoms with Crippen molar-refractivity contribution < 1.29 is 9.84 Å². The molecule has 3 heteroatoms. The number of rotatable bonds is 1. The van der Waals surface area contributed by atoms with Crippen LogP contribution in [0.5, 0.6) is 5.75 Å². The molecule has 0 radical (unpaired) electrons. The van der Waals surface area contributed by atoms with E-state index in [1.807, 2.05) is 30.3 Å². The number of aryl methyl sites for hydroxylation is 1. The first kappa shape index (κ1) is 12.7.